The Morgan fingerprint density at radius 2 is 2.00 bits per heavy atom. The van der Waals surface area contributed by atoms with E-state index in [0.29, 0.717) is 6.61 Å². The normalized spacial score (nSPS) is 21.5. The number of carbonyl (C=O) groups excluding carboxylic acids is 1. The van der Waals surface area contributed by atoms with E-state index in [0.717, 1.165) is 25.7 Å². The van der Waals surface area contributed by atoms with Gasteiger partial charge in [0.15, 0.2) is 6.29 Å². The van der Waals surface area contributed by atoms with Crippen molar-refractivity contribution in [2.75, 3.05) is 6.61 Å². The fourth-order valence-electron chi connectivity index (χ4n) is 2.00. The van der Waals surface area contributed by atoms with Gasteiger partial charge in [-0.2, -0.15) is 0 Å². The second-order valence-corrected chi connectivity index (χ2v) is 4.07. The van der Waals surface area contributed by atoms with Gasteiger partial charge in [-0.1, -0.05) is 12.8 Å². The van der Waals surface area contributed by atoms with Crippen LogP contribution in [0.4, 0.5) is 0 Å². The summed E-state index contributed by atoms with van der Waals surface area (Å²) in [6, 6.07) is 0. The Kier molecular flexibility index (Phi) is 5.22. The van der Waals surface area contributed by atoms with Crippen LogP contribution in [-0.4, -0.2) is 35.0 Å². The maximum Gasteiger partial charge on any atom is 0.181 e. The molecule has 0 aliphatic heterocycles. The molecule has 1 rings (SSSR count). The van der Waals surface area contributed by atoms with Crippen molar-refractivity contribution in [3.63, 3.8) is 0 Å². The molecule has 1 aliphatic carbocycles. The highest BCUT2D eigenvalue weighted by molar-refractivity contribution is 5.81. The quantitative estimate of drug-likeness (QED) is 0.646. The summed E-state index contributed by atoms with van der Waals surface area (Å²) in [7, 11) is 0. The first-order valence-corrected chi connectivity index (χ1v) is 5.65. The molecule has 2 atom stereocenters. The molecule has 0 aromatic carbocycles. The Bertz CT molecular complexity index is 199. The summed E-state index contributed by atoms with van der Waals surface area (Å²) in [4.78, 5) is 11.6. The Labute approximate surface area is 90.2 Å². The lowest BCUT2D eigenvalue weighted by atomic mass is 9.98. The van der Waals surface area contributed by atoms with Gasteiger partial charge >= 0.3 is 0 Å². The highest BCUT2D eigenvalue weighted by atomic mass is 16.6. The summed E-state index contributed by atoms with van der Waals surface area (Å²) in [5.74, 6) is 0.146. The fourth-order valence-corrected chi connectivity index (χ4v) is 2.00. The number of hydrogen-bond acceptors (Lipinski definition) is 4. The molecule has 1 aliphatic rings. The van der Waals surface area contributed by atoms with Gasteiger partial charge in [0.2, 0.25) is 0 Å². The number of Topliss-reactive ketones (excluding diaryl/α,β-unsaturated/α-hetero) is 1. The minimum absolute atomic E-state index is 0.00579. The average Bonchev–Trinajstić information content (AvgIpc) is 2.70. The van der Waals surface area contributed by atoms with E-state index in [1.54, 1.807) is 6.92 Å². The van der Waals surface area contributed by atoms with Gasteiger partial charge in [-0.3, -0.25) is 4.79 Å². The number of aliphatic hydroxyl groups excluding tert-OH is 2. The number of hydrogen-bond donors (Lipinski definition) is 2. The molecule has 4 nitrogen and oxygen atoms in total. The van der Waals surface area contributed by atoms with Gasteiger partial charge in [0, 0.05) is 18.9 Å². The van der Waals surface area contributed by atoms with Crippen molar-refractivity contribution in [2.45, 2.75) is 51.4 Å². The van der Waals surface area contributed by atoms with E-state index >= 15 is 0 Å². The van der Waals surface area contributed by atoms with Crippen LogP contribution < -0.4 is 0 Å². The van der Waals surface area contributed by atoms with Gasteiger partial charge in [-0.25, -0.2) is 0 Å². The van der Waals surface area contributed by atoms with Gasteiger partial charge in [-0.05, 0) is 19.8 Å². The third-order valence-electron chi connectivity index (χ3n) is 2.89. The van der Waals surface area contributed by atoms with Gasteiger partial charge in [0.1, 0.15) is 11.9 Å². The van der Waals surface area contributed by atoms with E-state index in [2.05, 4.69) is 0 Å². The predicted molar refractivity (Wildman–Crippen MR) is 55.2 cm³/mol. The van der Waals surface area contributed by atoms with Crippen molar-refractivity contribution < 1.29 is 19.7 Å². The molecule has 1 saturated carbocycles. The molecule has 2 N–H and O–H groups in total. The van der Waals surface area contributed by atoms with Crippen LogP contribution in [0.25, 0.3) is 0 Å². The molecule has 0 spiro atoms. The molecule has 0 saturated heterocycles. The van der Waals surface area contributed by atoms with Crippen LogP contribution in [0.3, 0.4) is 0 Å². The first-order valence-electron chi connectivity index (χ1n) is 5.65. The third kappa shape index (κ3) is 3.89. The highest BCUT2D eigenvalue weighted by Crippen LogP contribution is 2.27. The number of carbonyl (C=O) groups is 1. The molecular weight excluding hydrogens is 196 g/mol. The van der Waals surface area contributed by atoms with Crippen LogP contribution in [0.1, 0.15) is 39.0 Å². The van der Waals surface area contributed by atoms with Crippen LogP contribution in [0.15, 0.2) is 0 Å². The van der Waals surface area contributed by atoms with E-state index in [1.165, 1.54) is 0 Å². The Morgan fingerprint density at radius 3 is 2.53 bits per heavy atom. The van der Waals surface area contributed by atoms with Gasteiger partial charge in [0.05, 0.1) is 0 Å². The molecular formula is C11H20O4. The zero-order chi connectivity index (χ0) is 11.3. The largest absolute Gasteiger partial charge is 0.387 e. The van der Waals surface area contributed by atoms with Crippen LogP contribution in [0, 0.1) is 5.92 Å². The van der Waals surface area contributed by atoms with Gasteiger partial charge in [-0.15, -0.1) is 0 Å². The molecule has 4 heteroatoms. The molecule has 15 heavy (non-hydrogen) atoms. The SMILES string of the molecule is CCOC(O)C(O)CC(=O)C1CCCC1. The maximum atomic E-state index is 11.6. The van der Waals surface area contributed by atoms with Gasteiger partial charge in [0.25, 0.3) is 0 Å². The van der Waals surface area contributed by atoms with E-state index in [4.69, 9.17) is 4.74 Å². The van der Waals surface area contributed by atoms with E-state index in [-0.39, 0.29) is 18.1 Å². The lowest BCUT2D eigenvalue weighted by molar-refractivity contribution is -0.164. The fraction of sp³-hybridized carbons (Fsp3) is 0.909. The Balaban J connectivity index is 2.29. The van der Waals surface area contributed by atoms with Crippen LogP contribution in [0.5, 0.6) is 0 Å². The van der Waals surface area contributed by atoms with E-state index < -0.39 is 12.4 Å². The Morgan fingerprint density at radius 1 is 1.40 bits per heavy atom. The molecule has 0 aromatic heterocycles. The van der Waals surface area contributed by atoms with Crippen molar-refractivity contribution >= 4 is 5.78 Å². The topological polar surface area (TPSA) is 66.8 Å². The average molecular weight is 216 g/mol. The molecule has 0 radical (unpaired) electrons. The number of aliphatic hydroxyl groups is 2. The van der Waals surface area contributed by atoms with Crippen LogP contribution >= 0.6 is 0 Å². The number of rotatable bonds is 6. The third-order valence-corrected chi connectivity index (χ3v) is 2.89. The lowest BCUT2D eigenvalue weighted by Gasteiger charge is -2.18. The summed E-state index contributed by atoms with van der Waals surface area (Å²) in [6.07, 6.45) is 1.73. The van der Waals surface area contributed by atoms with Crippen molar-refractivity contribution in [3.05, 3.63) is 0 Å². The van der Waals surface area contributed by atoms with E-state index in [1.807, 2.05) is 0 Å². The predicted octanol–water partition coefficient (Wildman–Crippen LogP) is 0.852. The smallest absolute Gasteiger partial charge is 0.181 e. The first kappa shape index (κ1) is 12.6. The highest BCUT2D eigenvalue weighted by Gasteiger charge is 2.27. The van der Waals surface area contributed by atoms with Gasteiger partial charge < -0.3 is 14.9 Å². The minimum Gasteiger partial charge on any atom is -0.387 e. The van der Waals surface area contributed by atoms with Crippen molar-refractivity contribution in [1.29, 1.82) is 0 Å². The standard InChI is InChI=1S/C11H20O4/c1-2-15-11(14)10(13)7-9(12)8-5-3-4-6-8/h8,10-11,13-14H,2-7H2,1H3. The lowest BCUT2D eigenvalue weighted by Crippen LogP contribution is -2.32. The zero-order valence-electron chi connectivity index (χ0n) is 9.19. The van der Waals surface area contributed by atoms with Crippen LogP contribution in [-0.2, 0) is 9.53 Å². The molecule has 2 unspecified atom stereocenters. The number of ketones is 1. The van der Waals surface area contributed by atoms with Crippen molar-refractivity contribution in [2.24, 2.45) is 5.92 Å². The molecule has 88 valence electrons. The first-order chi connectivity index (χ1) is 7.15. The maximum absolute atomic E-state index is 11.6. The monoisotopic (exact) mass is 216 g/mol. The summed E-state index contributed by atoms with van der Waals surface area (Å²) < 4.78 is 4.82. The van der Waals surface area contributed by atoms with Crippen molar-refractivity contribution in [1.82, 2.24) is 0 Å². The summed E-state index contributed by atoms with van der Waals surface area (Å²) in [5, 5.41) is 18.8. The molecule has 0 amide bonds. The second kappa shape index (κ2) is 6.20. The van der Waals surface area contributed by atoms with E-state index in [9.17, 15) is 15.0 Å². The summed E-state index contributed by atoms with van der Waals surface area (Å²) in [5.41, 5.74) is 0. The van der Waals surface area contributed by atoms with Crippen LogP contribution in [0.2, 0.25) is 0 Å². The second-order valence-electron chi connectivity index (χ2n) is 4.07. The Hall–Kier alpha value is -0.450. The number of ether oxygens (including phenoxy) is 1. The molecule has 1 fully saturated rings. The minimum atomic E-state index is -1.24. The summed E-state index contributed by atoms with van der Waals surface area (Å²) in [6.45, 7) is 2.06. The molecule has 0 aromatic rings. The molecule has 0 heterocycles. The van der Waals surface area contributed by atoms with Crippen molar-refractivity contribution in [3.8, 4) is 0 Å². The summed E-state index contributed by atoms with van der Waals surface area (Å²) >= 11 is 0. The zero-order valence-corrected chi connectivity index (χ0v) is 9.19. The molecule has 0 bridgehead atoms.